The van der Waals surface area contributed by atoms with Crippen LogP contribution < -0.4 is 5.73 Å². The van der Waals surface area contributed by atoms with Gasteiger partial charge in [0.05, 0.1) is 0 Å². The molecule has 0 saturated carbocycles. The molecule has 1 heteroatoms. The Hall–Kier alpha value is -0.820. The summed E-state index contributed by atoms with van der Waals surface area (Å²) >= 11 is 0. The summed E-state index contributed by atoms with van der Waals surface area (Å²) in [6.45, 7) is 2.02. The number of anilines is 1. The normalized spacial score (nSPS) is 9.25. The third kappa shape index (κ3) is 1.07. The molecule has 0 aliphatic carbocycles. The highest BCUT2D eigenvalue weighted by molar-refractivity contribution is 5.31. The first-order valence-corrected chi connectivity index (χ1v) is 2.61. The van der Waals surface area contributed by atoms with E-state index in [-0.39, 0.29) is 0 Å². The number of rotatable bonds is 0. The number of hydrogen-bond acceptors (Lipinski definition) is 1. The Labute approximate surface area is 49.1 Å². The number of benzene rings is 1. The maximum atomic E-state index is 5.46. The van der Waals surface area contributed by atoms with E-state index in [1.807, 2.05) is 31.2 Å². The van der Waals surface area contributed by atoms with Crippen molar-refractivity contribution in [2.75, 3.05) is 0 Å². The van der Waals surface area contributed by atoms with Crippen molar-refractivity contribution in [3.05, 3.63) is 29.8 Å². The van der Waals surface area contributed by atoms with Crippen molar-refractivity contribution in [2.24, 2.45) is 0 Å². The lowest BCUT2D eigenvalue weighted by atomic mass is 10.2. The second-order valence-corrected chi connectivity index (χ2v) is 1.91. The molecule has 2 N–H and O–H groups in total. The fourth-order valence-corrected chi connectivity index (χ4v) is 0.670. The summed E-state index contributed by atoms with van der Waals surface area (Å²) in [5.41, 5.74) is 7.51. The molecule has 0 heterocycles. The van der Waals surface area contributed by atoms with Crippen molar-refractivity contribution >= 4 is 5.69 Å². The molecule has 0 fully saturated rings. The van der Waals surface area contributed by atoms with E-state index in [1.165, 1.54) is 5.56 Å². The minimum Gasteiger partial charge on any atom is -0.160 e. The average molecular weight is 107 g/mol. The molecule has 0 atom stereocenters. The van der Waals surface area contributed by atoms with Crippen molar-refractivity contribution in [1.82, 2.24) is 0 Å². The molecule has 0 amide bonds. The Morgan fingerprint density at radius 2 is 2.12 bits per heavy atom. The molecule has 0 aliphatic heterocycles. The van der Waals surface area contributed by atoms with Gasteiger partial charge in [-0.15, -0.1) is 0 Å². The molecular formula is C7H9N+. The second-order valence-electron chi connectivity index (χ2n) is 1.91. The molecule has 1 nitrogen and oxygen atoms in total. The van der Waals surface area contributed by atoms with Gasteiger partial charge in [-0.2, -0.15) is 5.73 Å². The molecule has 0 saturated heterocycles. The first-order valence-electron chi connectivity index (χ1n) is 2.61. The van der Waals surface area contributed by atoms with E-state index in [2.05, 4.69) is 0 Å². The second kappa shape index (κ2) is 1.97. The fourth-order valence-electron chi connectivity index (χ4n) is 0.670. The van der Waals surface area contributed by atoms with Crippen LogP contribution in [0.25, 0.3) is 0 Å². The highest BCUT2D eigenvalue weighted by Crippen LogP contribution is 2.01. The molecule has 0 aromatic heterocycles. The van der Waals surface area contributed by atoms with Gasteiger partial charge in [0.15, 0.2) is 5.69 Å². The van der Waals surface area contributed by atoms with E-state index in [4.69, 9.17) is 5.73 Å². The lowest BCUT2D eigenvalue weighted by molar-refractivity contribution is -0.254. The minimum absolute atomic E-state index is 0.838. The molecule has 0 bridgehead atoms. The van der Waals surface area contributed by atoms with Crippen molar-refractivity contribution in [3.8, 4) is 0 Å². The van der Waals surface area contributed by atoms with Crippen LogP contribution in [0.4, 0.5) is 5.69 Å². The Balaban J connectivity index is 3.08. The SMILES string of the molecule is Cc1cccc([NH2+])c1. The van der Waals surface area contributed by atoms with E-state index in [1.54, 1.807) is 0 Å². The topological polar surface area (TPSA) is 25.3 Å². The van der Waals surface area contributed by atoms with Gasteiger partial charge in [0, 0.05) is 12.1 Å². The van der Waals surface area contributed by atoms with E-state index < -0.39 is 0 Å². The highest BCUT2D eigenvalue weighted by atomic mass is 14.5. The van der Waals surface area contributed by atoms with Crippen LogP contribution in [0.2, 0.25) is 0 Å². The monoisotopic (exact) mass is 107 g/mol. The summed E-state index contributed by atoms with van der Waals surface area (Å²) in [4.78, 5) is 0. The van der Waals surface area contributed by atoms with Crippen molar-refractivity contribution < 1.29 is 5.73 Å². The quantitative estimate of drug-likeness (QED) is 0.471. The molecule has 8 heavy (non-hydrogen) atoms. The summed E-state index contributed by atoms with van der Waals surface area (Å²) in [6, 6.07) is 7.80. The van der Waals surface area contributed by atoms with Crippen molar-refractivity contribution in [1.29, 1.82) is 0 Å². The largest absolute Gasteiger partial charge is 0.177 e. The van der Waals surface area contributed by atoms with Crippen LogP contribution in [0.15, 0.2) is 24.3 Å². The van der Waals surface area contributed by atoms with Crippen LogP contribution >= 0.6 is 0 Å². The summed E-state index contributed by atoms with van der Waals surface area (Å²) in [7, 11) is 0. The van der Waals surface area contributed by atoms with E-state index >= 15 is 0 Å². The van der Waals surface area contributed by atoms with Gasteiger partial charge in [-0.25, -0.2) is 0 Å². The Morgan fingerprint density at radius 3 is 2.50 bits per heavy atom. The fraction of sp³-hybridized carbons (Fsp3) is 0.143. The molecule has 1 aromatic rings. The van der Waals surface area contributed by atoms with E-state index in [9.17, 15) is 0 Å². The third-order valence-corrected chi connectivity index (χ3v) is 1.04. The van der Waals surface area contributed by atoms with Crippen LogP contribution in [-0.4, -0.2) is 0 Å². The van der Waals surface area contributed by atoms with Gasteiger partial charge in [0.2, 0.25) is 0 Å². The predicted octanol–water partition coefficient (Wildman–Crippen LogP) is 0.654. The summed E-state index contributed by atoms with van der Waals surface area (Å²) in [6.07, 6.45) is 0. The summed E-state index contributed by atoms with van der Waals surface area (Å²) in [5.74, 6) is 0. The maximum absolute atomic E-state index is 5.46. The van der Waals surface area contributed by atoms with Crippen LogP contribution in [-0.2, 0) is 0 Å². The lowest BCUT2D eigenvalue weighted by Crippen LogP contribution is -2.39. The van der Waals surface area contributed by atoms with Gasteiger partial charge >= 0.3 is 0 Å². The standard InChI is InChI=1S/C7H9N/c1-6-3-2-4-7(8)5-6/h2-5H,8H2,1H3/q+1. The predicted molar refractivity (Wildman–Crippen MR) is 32.8 cm³/mol. The molecule has 0 spiro atoms. The number of nitrogens with two attached hydrogens (primary N) is 1. The average Bonchev–Trinajstić information content (AvgIpc) is 1.64. The summed E-state index contributed by atoms with van der Waals surface area (Å²) < 4.78 is 0. The molecule has 1 aromatic carbocycles. The van der Waals surface area contributed by atoms with Gasteiger partial charge in [-0.05, 0) is 12.5 Å². The molecule has 0 aliphatic rings. The zero-order valence-electron chi connectivity index (χ0n) is 4.89. The van der Waals surface area contributed by atoms with Crippen LogP contribution in [0.1, 0.15) is 5.56 Å². The maximum Gasteiger partial charge on any atom is 0.177 e. The van der Waals surface area contributed by atoms with Gasteiger partial charge in [-0.1, -0.05) is 12.1 Å². The van der Waals surface area contributed by atoms with Crippen LogP contribution in [0.5, 0.6) is 0 Å². The first-order chi connectivity index (χ1) is 3.79. The molecule has 0 unspecified atom stereocenters. The number of nitrogen functional groups attached to an aromatic ring is 1. The third-order valence-electron chi connectivity index (χ3n) is 1.04. The number of hydrogen-bond donors (Lipinski definition) is 1. The zero-order chi connectivity index (χ0) is 5.98. The number of aryl methyl sites for hydroxylation is 1. The smallest absolute Gasteiger partial charge is 0.160 e. The van der Waals surface area contributed by atoms with Crippen molar-refractivity contribution in [3.63, 3.8) is 0 Å². The Kier molecular flexibility index (Phi) is 1.31. The summed E-state index contributed by atoms with van der Waals surface area (Å²) in [5, 5.41) is 0. The van der Waals surface area contributed by atoms with E-state index in [0.717, 1.165) is 5.69 Å². The Morgan fingerprint density at radius 1 is 1.38 bits per heavy atom. The van der Waals surface area contributed by atoms with Crippen LogP contribution in [0, 0.1) is 6.92 Å². The Bertz CT molecular complexity index is 164. The van der Waals surface area contributed by atoms with Gasteiger partial charge in [0.25, 0.3) is 0 Å². The molecule has 1 rings (SSSR count). The van der Waals surface area contributed by atoms with Crippen molar-refractivity contribution in [2.45, 2.75) is 6.92 Å². The molecular weight excluding hydrogens is 98.1 g/mol. The highest BCUT2D eigenvalue weighted by Gasteiger charge is 1.87. The lowest BCUT2D eigenvalue weighted by Gasteiger charge is -1.85. The van der Waals surface area contributed by atoms with Crippen LogP contribution in [0.3, 0.4) is 0 Å². The van der Waals surface area contributed by atoms with Gasteiger partial charge in [0.1, 0.15) is 0 Å². The van der Waals surface area contributed by atoms with Gasteiger partial charge in [-0.3, -0.25) is 0 Å². The molecule has 41 valence electrons. The zero-order valence-corrected chi connectivity index (χ0v) is 4.89. The van der Waals surface area contributed by atoms with E-state index in [0.29, 0.717) is 0 Å². The molecule has 1 radical (unpaired) electrons. The first kappa shape index (κ1) is 5.32. The van der Waals surface area contributed by atoms with Gasteiger partial charge < -0.3 is 0 Å². The minimum atomic E-state index is 0.838.